The molecule has 0 spiro atoms. The molecule has 1 saturated carbocycles. The van der Waals surface area contributed by atoms with E-state index in [0.29, 0.717) is 43.5 Å². The van der Waals surface area contributed by atoms with Crippen LogP contribution in [0.3, 0.4) is 0 Å². The van der Waals surface area contributed by atoms with Crippen molar-refractivity contribution in [2.75, 3.05) is 27.7 Å². The van der Waals surface area contributed by atoms with E-state index in [1.165, 1.54) is 0 Å². The van der Waals surface area contributed by atoms with Crippen LogP contribution in [-0.4, -0.2) is 44.2 Å². The SMILES string of the molecule is COc1ccccc1C(=O)OC1(CN(C)C)CCC(C#N)(c2ccccc2)CC1. The van der Waals surface area contributed by atoms with Crippen molar-refractivity contribution in [1.29, 1.82) is 5.26 Å². The molecular formula is C24H28N2O3. The number of hydrogen-bond donors (Lipinski definition) is 0. The van der Waals surface area contributed by atoms with E-state index in [2.05, 4.69) is 6.07 Å². The van der Waals surface area contributed by atoms with Crippen molar-refractivity contribution in [2.24, 2.45) is 0 Å². The normalized spacial score (nSPS) is 24.0. The summed E-state index contributed by atoms with van der Waals surface area (Å²) >= 11 is 0. The Bertz CT molecular complexity index is 878. The fourth-order valence-corrected chi connectivity index (χ4v) is 4.29. The van der Waals surface area contributed by atoms with Crippen molar-refractivity contribution in [1.82, 2.24) is 4.90 Å². The van der Waals surface area contributed by atoms with Crippen LogP contribution in [0.1, 0.15) is 41.6 Å². The third-order valence-corrected chi connectivity index (χ3v) is 5.80. The second-order valence-corrected chi connectivity index (χ2v) is 8.07. The minimum absolute atomic E-state index is 0.381. The first-order valence-electron chi connectivity index (χ1n) is 9.91. The zero-order chi connectivity index (χ0) is 20.9. The second-order valence-electron chi connectivity index (χ2n) is 8.07. The Kier molecular flexibility index (Phi) is 6.24. The number of para-hydroxylation sites is 1. The zero-order valence-electron chi connectivity index (χ0n) is 17.4. The Morgan fingerprint density at radius 2 is 1.66 bits per heavy atom. The molecule has 0 N–H and O–H groups in total. The van der Waals surface area contributed by atoms with Gasteiger partial charge in [-0.25, -0.2) is 4.79 Å². The number of carbonyl (C=O) groups is 1. The number of benzene rings is 2. The predicted molar refractivity (Wildman–Crippen MR) is 112 cm³/mol. The zero-order valence-corrected chi connectivity index (χ0v) is 17.4. The summed E-state index contributed by atoms with van der Waals surface area (Å²) in [6.07, 6.45) is 2.57. The van der Waals surface area contributed by atoms with E-state index in [0.717, 1.165) is 5.56 Å². The molecular weight excluding hydrogens is 364 g/mol. The van der Waals surface area contributed by atoms with Gasteiger partial charge in [0.05, 0.1) is 18.6 Å². The lowest BCUT2D eigenvalue weighted by Gasteiger charge is -2.44. The summed E-state index contributed by atoms with van der Waals surface area (Å²) in [4.78, 5) is 15.0. The molecule has 1 aliphatic carbocycles. The van der Waals surface area contributed by atoms with Crippen molar-refractivity contribution in [3.63, 3.8) is 0 Å². The molecule has 0 aliphatic heterocycles. The standard InChI is InChI=1S/C24H28N2O3/c1-26(2)18-24(29-22(27)20-11-7-8-12-21(20)28-3)15-13-23(17-25,14-16-24)19-9-5-4-6-10-19/h4-12H,13-16,18H2,1-3H3. The number of rotatable bonds is 6. The molecule has 0 atom stereocenters. The molecule has 1 fully saturated rings. The van der Waals surface area contributed by atoms with Crippen LogP contribution in [0.5, 0.6) is 5.75 Å². The van der Waals surface area contributed by atoms with Crippen molar-refractivity contribution >= 4 is 5.97 Å². The molecule has 0 amide bonds. The van der Waals surface area contributed by atoms with Crippen molar-refractivity contribution in [3.05, 3.63) is 65.7 Å². The summed E-state index contributed by atoms with van der Waals surface area (Å²) in [6, 6.07) is 19.6. The first kappa shape index (κ1) is 20.9. The smallest absolute Gasteiger partial charge is 0.342 e. The van der Waals surface area contributed by atoms with Gasteiger partial charge in [-0.2, -0.15) is 5.26 Å². The van der Waals surface area contributed by atoms with Gasteiger partial charge >= 0.3 is 5.97 Å². The molecule has 5 heteroatoms. The van der Waals surface area contributed by atoms with Crippen molar-refractivity contribution < 1.29 is 14.3 Å². The number of carbonyl (C=O) groups excluding carboxylic acids is 1. The number of methoxy groups -OCH3 is 1. The maximum atomic E-state index is 13.0. The predicted octanol–water partition coefficient (Wildman–Crippen LogP) is 4.19. The molecule has 0 unspecified atom stereocenters. The van der Waals surface area contributed by atoms with Crippen LogP contribution in [-0.2, 0) is 10.2 Å². The molecule has 0 aromatic heterocycles. The van der Waals surface area contributed by atoms with Gasteiger partial charge in [0.25, 0.3) is 0 Å². The minimum Gasteiger partial charge on any atom is -0.496 e. The Morgan fingerprint density at radius 3 is 2.24 bits per heavy atom. The van der Waals surface area contributed by atoms with Gasteiger partial charge in [-0.05, 0) is 57.5 Å². The van der Waals surface area contributed by atoms with Gasteiger partial charge in [-0.3, -0.25) is 0 Å². The van der Waals surface area contributed by atoms with Gasteiger partial charge in [0.1, 0.15) is 16.9 Å². The van der Waals surface area contributed by atoms with E-state index in [1.54, 1.807) is 25.3 Å². The van der Waals surface area contributed by atoms with Gasteiger partial charge in [0, 0.05) is 6.54 Å². The molecule has 3 rings (SSSR count). The quantitative estimate of drug-likeness (QED) is 0.690. The van der Waals surface area contributed by atoms with Crippen LogP contribution in [0.15, 0.2) is 54.6 Å². The number of nitrogens with zero attached hydrogens (tertiary/aromatic N) is 2. The van der Waals surface area contributed by atoms with E-state index in [1.807, 2.05) is 55.4 Å². The Morgan fingerprint density at radius 1 is 1.03 bits per heavy atom. The van der Waals surface area contributed by atoms with Gasteiger partial charge in [-0.15, -0.1) is 0 Å². The van der Waals surface area contributed by atoms with Gasteiger partial charge in [-0.1, -0.05) is 42.5 Å². The van der Waals surface area contributed by atoms with Crippen LogP contribution >= 0.6 is 0 Å². The molecule has 0 saturated heterocycles. The largest absolute Gasteiger partial charge is 0.496 e. The van der Waals surface area contributed by atoms with Crippen LogP contribution in [0, 0.1) is 11.3 Å². The van der Waals surface area contributed by atoms with Gasteiger partial charge < -0.3 is 14.4 Å². The molecule has 0 radical (unpaired) electrons. The van der Waals surface area contributed by atoms with Gasteiger partial charge in [0.2, 0.25) is 0 Å². The average Bonchev–Trinajstić information content (AvgIpc) is 2.74. The van der Waals surface area contributed by atoms with E-state index in [9.17, 15) is 10.1 Å². The summed E-state index contributed by atoms with van der Waals surface area (Å²) < 4.78 is 11.4. The fourth-order valence-electron chi connectivity index (χ4n) is 4.29. The Labute approximate surface area is 172 Å². The summed E-state index contributed by atoms with van der Waals surface area (Å²) in [5.41, 5.74) is 0.301. The number of likely N-dealkylation sites (N-methyl/N-ethyl adjacent to an activating group) is 1. The van der Waals surface area contributed by atoms with Crippen LogP contribution in [0.2, 0.25) is 0 Å². The molecule has 0 heterocycles. The molecule has 1 aliphatic rings. The molecule has 2 aromatic rings. The van der Waals surface area contributed by atoms with Crippen LogP contribution in [0.4, 0.5) is 0 Å². The summed E-state index contributed by atoms with van der Waals surface area (Å²) in [7, 11) is 5.49. The molecule has 29 heavy (non-hydrogen) atoms. The lowest BCUT2D eigenvalue weighted by atomic mass is 9.66. The monoisotopic (exact) mass is 392 g/mol. The van der Waals surface area contributed by atoms with Crippen molar-refractivity contribution in [3.8, 4) is 11.8 Å². The first-order chi connectivity index (χ1) is 13.9. The molecule has 5 nitrogen and oxygen atoms in total. The third-order valence-electron chi connectivity index (χ3n) is 5.80. The fraction of sp³-hybridized carbons (Fsp3) is 0.417. The van der Waals surface area contributed by atoms with E-state index >= 15 is 0 Å². The number of esters is 1. The van der Waals surface area contributed by atoms with Crippen molar-refractivity contribution in [2.45, 2.75) is 36.7 Å². The lowest BCUT2D eigenvalue weighted by Crippen LogP contribution is -2.49. The lowest BCUT2D eigenvalue weighted by molar-refractivity contribution is -0.0562. The van der Waals surface area contributed by atoms with E-state index < -0.39 is 11.0 Å². The minimum atomic E-state index is -0.628. The Balaban J connectivity index is 1.84. The highest BCUT2D eigenvalue weighted by molar-refractivity contribution is 5.92. The van der Waals surface area contributed by atoms with Crippen LogP contribution < -0.4 is 4.74 Å². The number of hydrogen-bond acceptors (Lipinski definition) is 5. The first-order valence-corrected chi connectivity index (χ1v) is 9.91. The van der Waals surface area contributed by atoms with Gasteiger partial charge in [0.15, 0.2) is 0 Å². The maximum absolute atomic E-state index is 13.0. The highest BCUT2D eigenvalue weighted by atomic mass is 16.6. The molecule has 2 aromatic carbocycles. The highest BCUT2D eigenvalue weighted by Crippen LogP contribution is 2.45. The number of ether oxygens (including phenoxy) is 2. The molecule has 152 valence electrons. The summed E-state index contributed by atoms with van der Waals surface area (Å²) in [5, 5.41) is 9.99. The van der Waals surface area contributed by atoms with E-state index in [4.69, 9.17) is 9.47 Å². The topological polar surface area (TPSA) is 62.6 Å². The average molecular weight is 392 g/mol. The number of nitriles is 1. The third kappa shape index (κ3) is 4.44. The maximum Gasteiger partial charge on any atom is 0.342 e. The highest BCUT2D eigenvalue weighted by Gasteiger charge is 2.46. The van der Waals surface area contributed by atoms with Crippen LogP contribution in [0.25, 0.3) is 0 Å². The molecule has 0 bridgehead atoms. The summed E-state index contributed by atoms with van der Waals surface area (Å²) in [6.45, 7) is 0.615. The van der Waals surface area contributed by atoms with E-state index in [-0.39, 0.29) is 5.97 Å². The second kappa shape index (κ2) is 8.67. The Hall–Kier alpha value is -2.84. The summed E-state index contributed by atoms with van der Waals surface area (Å²) in [5.74, 6) is 0.123.